The molecule has 0 bridgehead atoms. The van der Waals surface area contributed by atoms with Gasteiger partial charge in [0, 0.05) is 0 Å². The summed E-state index contributed by atoms with van der Waals surface area (Å²) in [5.74, 6) is 1.85. The Balaban J connectivity index is 4.08. The zero-order valence-corrected chi connectivity index (χ0v) is 7.05. The average molecular weight is 155 g/mol. The molecule has 0 saturated carbocycles. The molecule has 0 radical (unpaired) electrons. The van der Waals surface area contributed by atoms with Crippen LogP contribution in [0, 0.1) is 12.3 Å². The Morgan fingerprint density at radius 2 is 2.18 bits per heavy atom. The topological polar surface area (TPSA) is 52.3 Å². The number of nitrogens with two attached hydrogens (primary N) is 1. The van der Waals surface area contributed by atoms with Crippen LogP contribution in [0.4, 0.5) is 0 Å². The number of terminal acetylenes is 1. The lowest BCUT2D eigenvalue weighted by Crippen LogP contribution is -2.35. The smallest absolute Gasteiger partial charge is 0.324 e. The number of carbonyl (C=O) groups excluding carboxylic acids is 1. The van der Waals surface area contributed by atoms with E-state index >= 15 is 0 Å². The third-order valence-corrected chi connectivity index (χ3v) is 1.08. The number of carbonyl (C=O) groups is 1. The van der Waals surface area contributed by atoms with Crippen molar-refractivity contribution in [3.05, 3.63) is 0 Å². The summed E-state index contributed by atoms with van der Waals surface area (Å²) in [6.45, 7) is 4.81. The summed E-state index contributed by atoms with van der Waals surface area (Å²) in [6, 6.07) is -0.623. The van der Waals surface area contributed by atoms with Crippen LogP contribution in [0.25, 0.3) is 0 Å². The SMILES string of the molecule is C#CC(C)(C)OC(=O)C(C)N. The van der Waals surface area contributed by atoms with Gasteiger partial charge in [0.05, 0.1) is 0 Å². The maximum absolute atomic E-state index is 10.9. The molecule has 11 heavy (non-hydrogen) atoms. The fourth-order valence-electron chi connectivity index (χ4n) is 0.374. The van der Waals surface area contributed by atoms with Gasteiger partial charge in [-0.05, 0) is 20.8 Å². The van der Waals surface area contributed by atoms with Gasteiger partial charge in [-0.3, -0.25) is 4.79 Å². The van der Waals surface area contributed by atoms with Crippen LogP contribution in [-0.4, -0.2) is 17.6 Å². The van der Waals surface area contributed by atoms with Crippen molar-refractivity contribution in [2.24, 2.45) is 5.73 Å². The van der Waals surface area contributed by atoms with Crippen molar-refractivity contribution < 1.29 is 9.53 Å². The van der Waals surface area contributed by atoms with E-state index in [1.54, 1.807) is 20.8 Å². The van der Waals surface area contributed by atoms with E-state index in [1.165, 1.54) is 0 Å². The molecular formula is C8H13NO2. The number of esters is 1. The van der Waals surface area contributed by atoms with Gasteiger partial charge in [-0.2, -0.15) is 0 Å². The summed E-state index contributed by atoms with van der Waals surface area (Å²) in [7, 11) is 0. The second kappa shape index (κ2) is 3.40. The monoisotopic (exact) mass is 155 g/mol. The lowest BCUT2D eigenvalue weighted by molar-refractivity contribution is -0.152. The maximum atomic E-state index is 10.9. The minimum Gasteiger partial charge on any atom is -0.445 e. The molecule has 62 valence electrons. The third-order valence-electron chi connectivity index (χ3n) is 1.08. The summed E-state index contributed by atoms with van der Waals surface area (Å²) in [4.78, 5) is 10.9. The van der Waals surface area contributed by atoms with Gasteiger partial charge < -0.3 is 10.5 Å². The fourth-order valence-corrected chi connectivity index (χ4v) is 0.374. The Kier molecular flexibility index (Phi) is 3.09. The first-order chi connectivity index (χ1) is 4.89. The highest BCUT2D eigenvalue weighted by atomic mass is 16.6. The van der Waals surface area contributed by atoms with Gasteiger partial charge in [-0.25, -0.2) is 0 Å². The molecule has 0 aliphatic rings. The first-order valence-corrected chi connectivity index (χ1v) is 3.35. The van der Waals surface area contributed by atoms with E-state index in [0.29, 0.717) is 0 Å². The lowest BCUT2D eigenvalue weighted by Gasteiger charge is -2.19. The summed E-state index contributed by atoms with van der Waals surface area (Å²) >= 11 is 0. The van der Waals surface area contributed by atoms with E-state index in [9.17, 15) is 4.79 Å². The first kappa shape index (κ1) is 9.99. The highest BCUT2D eigenvalue weighted by Crippen LogP contribution is 2.07. The molecule has 2 N–H and O–H groups in total. The normalized spacial score (nSPS) is 13.4. The van der Waals surface area contributed by atoms with Gasteiger partial charge in [0.2, 0.25) is 0 Å². The predicted molar refractivity (Wildman–Crippen MR) is 42.7 cm³/mol. The summed E-state index contributed by atoms with van der Waals surface area (Å²) in [6.07, 6.45) is 5.09. The van der Waals surface area contributed by atoms with Crippen LogP contribution >= 0.6 is 0 Å². The molecule has 0 rings (SSSR count). The Morgan fingerprint density at radius 1 is 1.73 bits per heavy atom. The van der Waals surface area contributed by atoms with Crippen molar-refractivity contribution in [3.8, 4) is 12.3 Å². The van der Waals surface area contributed by atoms with Crippen LogP contribution in [0.15, 0.2) is 0 Å². The average Bonchev–Trinajstić information content (AvgIpc) is 1.87. The van der Waals surface area contributed by atoms with Crippen LogP contribution in [0.2, 0.25) is 0 Å². The number of rotatable bonds is 2. The number of ether oxygens (including phenoxy) is 1. The number of hydrogen-bond donors (Lipinski definition) is 1. The molecular weight excluding hydrogens is 142 g/mol. The highest BCUT2D eigenvalue weighted by Gasteiger charge is 2.21. The second-order valence-electron chi connectivity index (χ2n) is 2.86. The third kappa shape index (κ3) is 3.64. The molecule has 0 aromatic carbocycles. The molecule has 1 atom stereocenters. The fraction of sp³-hybridized carbons (Fsp3) is 0.625. The van der Waals surface area contributed by atoms with E-state index in [-0.39, 0.29) is 0 Å². The molecule has 0 heterocycles. The standard InChI is InChI=1S/C8H13NO2/c1-5-8(3,4)11-7(10)6(2)9/h1,6H,9H2,2-4H3. The molecule has 0 aromatic heterocycles. The van der Waals surface area contributed by atoms with Crippen LogP contribution in [-0.2, 0) is 9.53 Å². The molecule has 3 heteroatoms. The van der Waals surface area contributed by atoms with Gasteiger partial charge in [-0.15, -0.1) is 6.42 Å². The highest BCUT2D eigenvalue weighted by molar-refractivity contribution is 5.75. The molecule has 0 spiro atoms. The van der Waals surface area contributed by atoms with Crippen LogP contribution < -0.4 is 5.73 Å². The van der Waals surface area contributed by atoms with Crippen molar-refractivity contribution in [2.75, 3.05) is 0 Å². The van der Waals surface area contributed by atoms with Gasteiger partial charge in [-0.1, -0.05) is 5.92 Å². The van der Waals surface area contributed by atoms with Crippen molar-refractivity contribution in [3.63, 3.8) is 0 Å². The Hall–Kier alpha value is -1.01. The van der Waals surface area contributed by atoms with Gasteiger partial charge in [0.25, 0.3) is 0 Å². The molecule has 0 fully saturated rings. The molecule has 1 unspecified atom stereocenters. The zero-order chi connectivity index (χ0) is 9.07. The van der Waals surface area contributed by atoms with Gasteiger partial charge >= 0.3 is 5.97 Å². The van der Waals surface area contributed by atoms with Crippen LogP contribution in [0.1, 0.15) is 20.8 Å². The van der Waals surface area contributed by atoms with Crippen molar-refractivity contribution in [2.45, 2.75) is 32.4 Å². The summed E-state index contributed by atoms with van der Waals surface area (Å²) in [5.41, 5.74) is 4.40. The van der Waals surface area contributed by atoms with Crippen LogP contribution in [0.5, 0.6) is 0 Å². The van der Waals surface area contributed by atoms with E-state index in [2.05, 4.69) is 5.92 Å². The Morgan fingerprint density at radius 3 is 2.45 bits per heavy atom. The van der Waals surface area contributed by atoms with Crippen LogP contribution in [0.3, 0.4) is 0 Å². The van der Waals surface area contributed by atoms with E-state index < -0.39 is 17.6 Å². The Bertz CT molecular complexity index is 189. The molecule has 0 aliphatic carbocycles. The van der Waals surface area contributed by atoms with Crippen molar-refractivity contribution in [1.29, 1.82) is 0 Å². The minimum absolute atomic E-state index is 0.479. The van der Waals surface area contributed by atoms with Gasteiger partial charge in [0.1, 0.15) is 6.04 Å². The summed E-state index contributed by atoms with van der Waals surface area (Å²) in [5, 5.41) is 0. The van der Waals surface area contributed by atoms with E-state index in [1.807, 2.05) is 0 Å². The summed E-state index contributed by atoms with van der Waals surface area (Å²) < 4.78 is 4.85. The van der Waals surface area contributed by atoms with E-state index in [0.717, 1.165) is 0 Å². The number of hydrogen-bond acceptors (Lipinski definition) is 3. The van der Waals surface area contributed by atoms with Gasteiger partial charge in [0.15, 0.2) is 5.60 Å². The quantitative estimate of drug-likeness (QED) is 0.460. The molecule has 0 aliphatic heterocycles. The van der Waals surface area contributed by atoms with Crippen molar-refractivity contribution in [1.82, 2.24) is 0 Å². The first-order valence-electron chi connectivity index (χ1n) is 3.35. The Labute approximate surface area is 66.9 Å². The minimum atomic E-state index is -0.856. The lowest BCUT2D eigenvalue weighted by atomic mass is 10.1. The van der Waals surface area contributed by atoms with Crippen molar-refractivity contribution >= 4 is 5.97 Å². The maximum Gasteiger partial charge on any atom is 0.324 e. The molecule has 3 nitrogen and oxygen atoms in total. The largest absolute Gasteiger partial charge is 0.445 e. The zero-order valence-electron chi connectivity index (χ0n) is 7.05. The van der Waals surface area contributed by atoms with E-state index in [4.69, 9.17) is 16.9 Å². The second-order valence-corrected chi connectivity index (χ2v) is 2.86. The molecule has 0 saturated heterocycles. The molecule has 0 aromatic rings. The molecule has 0 amide bonds. The predicted octanol–water partition coefficient (Wildman–Crippen LogP) is 0.289.